The second-order valence-electron chi connectivity index (χ2n) is 9.18. The van der Waals surface area contributed by atoms with Crippen molar-refractivity contribution in [2.24, 2.45) is 9.98 Å². The molecule has 0 N–H and O–H groups in total. The zero-order valence-corrected chi connectivity index (χ0v) is 21.8. The highest BCUT2D eigenvalue weighted by Crippen LogP contribution is 2.37. The van der Waals surface area contributed by atoms with Crippen LogP contribution in [-0.4, -0.2) is 71.7 Å². The summed E-state index contributed by atoms with van der Waals surface area (Å²) in [7, 11) is 1.67. The summed E-state index contributed by atoms with van der Waals surface area (Å²) < 4.78 is 5.50. The largest absolute Gasteiger partial charge is 0.495 e. The molecule has 1 fully saturated rings. The number of carbonyl (C=O) groups excluding carboxylic acids is 2. The number of rotatable bonds is 5. The number of methoxy groups -OCH3 is 1. The van der Waals surface area contributed by atoms with Crippen LogP contribution in [0.4, 0.5) is 11.4 Å². The molecule has 3 aromatic rings. The Morgan fingerprint density at radius 2 is 1.66 bits per heavy atom. The SMILES string of the molecule is COc1ccccc1N1CCN(C(=O)CSC2=Nc3ccccc3C3=N[C@H](c4ccccc4)C(=O)N23)CC1. The number of benzene rings is 3. The molecule has 0 bridgehead atoms. The van der Waals surface area contributed by atoms with E-state index >= 15 is 0 Å². The van der Waals surface area contributed by atoms with Gasteiger partial charge in [-0.3, -0.25) is 9.59 Å². The predicted molar refractivity (Wildman–Crippen MR) is 150 cm³/mol. The Labute approximate surface area is 225 Å². The lowest BCUT2D eigenvalue weighted by molar-refractivity contribution is -0.128. The van der Waals surface area contributed by atoms with Crippen molar-refractivity contribution < 1.29 is 14.3 Å². The first-order valence-electron chi connectivity index (χ1n) is 12.6. The number of amidine groups is 2. The molecule has 3 heterocycles. The number of fused-ring (bicyclic) bond motifs is 3. The van der Waals surface area contributed by atoms with Gasteiger partial charge in [-0.15, -0.1) is 0 Å². The van der Waals surface area contributed by atoms with E-state index in [2.05, 4.69) is 4.90 Å². The van der Waals surface area contributed by atoms with Crippen LogP contribution in [0.3, 0.4) is 0 Å². The van der Waals surface area contributed by atoms with Crippen LogP contribution in [-0.2, 0) is 9.59 Å². The number of nitrogens with zero attached hydrogens (tertiary/aromatic N) is 5. The fourth-order valence-corrected chi connectivity index (χ4v) is 5.91. The van der Waals surface area contributed by atoms with E-state index in [1.54, 1.807) is 12.0 Å². The Kier molecular flexibility index (Phi) is 6.59. The number of aliphatic imine (C=N–C) groups is 2. The molecular formula is C29H27N5O3S. The van der Waals surface area contributed by atoms with Gasteiger partial charge in [0.2, 0.25) is 5.91 Å². The number of ether oxygens (including phenoxy) is 1. The van der Waals surface area contributed by atoms with Crippen LogP contribution in [0.2, 0.25) is 0 Å². The van der Waals surface area contributed by atoms with Crippen LogP contribution < -0.4 is 9.64 Å². The molecule has 1 atom stereocenters. The molecule has 0 radical (unpaired) electrons. The first-order chi connectivity index (χ1) is 18.6. The molecule has 1 saturated heterocycles. The number of piperazine rings is 1. The van der Waals surface area contributed by atoms with Crippen molar-refractivity contribution >= 4 is 46.0 Å². The Morgan fingerprint density at radius 3 is 2.45 bits per heavy atom. The van der Waals surface area contributed by atoms with E-state index in [1.165, 1.54) is 11.8 Å². The van der Waals surface area contributed by atoms with E-state index in [0.717, 1.165) is 41.3 Å². The summed E-state index contributed by atoms with van der Waals surface area (Å²) in [5.74, 6) is 1.50. The van der Waals surface area contributed by atoms with E-state index in [4.69, 9.17) is 14.7 Å². The number of thioether (sulfide) groups is 1. The van der Waals surface area contributed by atoms with E-state index in [-0.39, 0.29) is 17.6 Å². The molecular weight excluding hydrogens is 498 g/mol. The van der Waals surface area contributed by atoms with Gasteiger partial charge in [-0.2, -0.15) is 0 Å². The Hall–Kier alpha value is -4.11. The number of para-hydroxylation sites is 3. The van der Waals surface area contributed by atoms with Crippen molar-refractivity contribution in [1.29, 1.82) is 0 Å². The molecule has 8 nitrogen and oxygen atoms in total. The van der Waals surface area contributed by atoms with Crippen LogP contribution in [0.15, 0.2) is 88.8 Å². The van der Waals surface area contributed by atoms with E-state index in [0.29, 0.717) is 24.1 Å². The lowest BCUT2D eigenvalue weighted by Crippen LogP contribution is -2.49. The molecule has 0 aliphatic carbocycles. The van der Waals surface area contributed by atoms with Crippen molar-refractivity contribution in [2.45, 2.75) is 6.04 Å². The topological polar surface area (TPSA) is 77.8 Å². The van der Waals surface area contributed by atoms with Crippen LogP contribution in [0.1, 0.15) is 17.2 Å². The van der Waals surface area contributed by atoms with Gasteiger partial charge in [-0.05, 0) is 29.8 Å². The van der Waals surface area contributed by atoms with Crippen LogP contribution >= 0.6 is 11.8 Å². The summed E-state index contributed by atoms with van der Waals surface area (Å²) in [6, 6.07) is 24.5. The fourth-order valence-electron chi connectivity index (χ4n) is 5.00. The summed E-state index contributed by atoms with van der Waals surface area (Å²) in [6.07, 6.45) is 0. The van der Waals surface area contributed by atoms with E-state index in [1.807, 2.05) is 83.8 Å². The second kappa shape index (κ2) is 10.3. The third kappa shape index (κ3) is 4.43. The minimum absolute atomic E-state index is 0.0287. The van der Waals surface area contributed by atoms with Gasteiger partial charge in [-0.1, -0.05) is 66.4 Å². The first-order valence-corrected chi connectivity index (χ1v) is 13.6. The third-order valence-corrected chi connectivity index (χ3v) is 7.89. The third-order valence-electron chi connectivity index (χ3n) is 6.97. The van der Waals surface area contributed by atoms with Crippen LogP contribution in [0, 0.1) is 0 Å². The van der Waals surface area contributed by atoms with Gasteiger partial charge < -0.3 is 14.5 Å². The molecule has 0 aromatic heterocycles. The van der Waals surface area contributed by atoms with Crippen LogP contribution in [0.5, 0.6) is 5.75 Å². The molecule has 3 aliphatic rings. The first kappa shape index (κ1) is 24.2. The zero-order valence-electron chi connectivity index (χ0n) is 21.0. The maximum absolute atomic E-state index is 13.5. The van der Waals surface area contributed by atoms with Crippen molar-refractivity contribution in [3.8, 4) is 5.75 Å². The lowest BCUT2D eigenvalue weighted by atomic mass is 10.1. The molecule has 2 amide bonds. The van der Waals surface area contributed by atoms with Gasteiger partial charge >= 0.3 is 0 Å². The summed E-state index contributed by atoms with van der Waals surface area (Å²) in [5.41, 5.74) is 3.45. The summed E-state index contributed by atoms with van der Waals surface area (Å²) >= 11 is 1.29. The maximum atomic E-state index is 13.5. The molecule has 0 unspecified atom stereocenters. The number of amides is 2. The quantitative estimate of drug-likeness (QED) is 0.501. The highest BCUT2D eigenvalue weighted by atomic mass is 32.2. The smallest absolute Gasteiger partial charge is 0.263 e. The molecule has 192 valence electrons. The maximum Gasteiger partial charge on any atom is 0.263 e. The standard InChI is InChI=1S/C29H27N5O3S/c1-37-24-14-8-7-13-23(24)32-15-17-33(18-16-32)25(35)19-38-29-30-22-12-6-5-11-21(22)27-31-26(28(36)34(27)29)20-9-3-2-4-10-20/h2-14,26H,15-19H2,1H3/t26-/m1/s1. The number of anilines is 1. The average molecular weight is 526 g/mol. The number of hydrogen-bond donors (Lipinski definition) is 0. The van der Waals surface area contributed by atoms with Crippen LogP contribution in [0.25, 0.3) is 0 Å². The van der Waals surface area contributed by atoms with Gasteiger partial charge in [0.15, 0.2) is 11.2 Å². The minimum atomic E-state index is -0.623. The van der Waals surface area contributed by atoms with Crippen molar-refractivity contribution in [1.82, 2.24) is 9.80 Å². The Morgan fingerprint density at radius 1 is 0.947 bits per heavy atom. The zero-order chi connectivity index (χ0) is 26.1. The summed E-state index contributed by atoms with van der Waals surface area (Å²) in [4.78, 5) is 42.0. The fraction of sp³-hybridized carbons (Fsp3) is 0.241. The molecule has 0 saturated carbocycles. The summed E-state index contributed by atoms with van der Waals surface area (Å²) in [6.45, 7) is 2.70. The van der Waals surface area contributed by atoms with E-state index in [9.17, 15) is 9.59 Å². The van der Waals surface area contributed by atoms with Gasteiger partial charge in [0, 0.05) is 31.7 Å². The Bertz CT molecular complexity index is 1430. The van der Waals surface area contributed by atoms with Crippen molar-refractivity contribution in [2.75, 3.05) is 43.9 Å². The van der Waals surface area contributed by atoms with Gasteiger partial charge in [0.05, 0.1) is 24.2 Å². The molecule has 3 aromatic carbocycles. The monoisotopic (exact) mass is 525 g/mol. The number of hydrogen-bond acceptors (Lipinski definition) is 7. The van der Waals surface area contributed by atoms with Crippen molar-refractivity contribution in [3.05, 3.63) is 90.0 Å². The number of carbonyl (C=O) groups is 2. The highest BCUT2D eigenvalue weighted by Gasteiger charge is 2.42. The highest BCUT2D eigenvalue weighted by molar-refractivity contribution is 8.14. The van der Waals surface area contributed by atoms with E-state index < -0.39 is 6.04 Å². The molecule has 6 rings (SSSR count). The molecule has 9 heteroatoms. The van der Waals surface area contributed by atoms with Crippen molar-refractivity contribution in [3.63, 3.8) is 0 Å². The average Bonchev–Trinajstić information content (AvgIpc) is 3.33. The normalized spacial score (nSPS) is 18.5. The predicted octanol–water partition coefficient (Wildman–Crippen LogP) is 4.11. The lowest BCUT2D eigenvalue weighted by Gasteiger charge is -2.36. The molecule has 3 aliphatic heterocycles. The van der Waals surface area contributed by atoms with Gasteiger partial charge in [0.1, 0.15) is 11.6 Å². The Balaban J connectivity index is 1.16. The van der Waals surface area contributed by atoms with Gasteiger partial charge in [-0.25, -0.2) is 14.9 Å². The molecule has 38 heavy (non-hydrogen) atoms. The second-order valence-corrected chi connectivity index (χ2v) is 10.1. The minimum Gasteiger partial charge on any atom is -0.495 e. The molecule has 0 spiro atoms. The van der Waals surface area contributed by atoms with Gasteiger partial charge in [0.25, 0.3) is 5.91 Å². The summed E-state index contributed by atoms with van der Waals surface area (Å²) in [5, 5.41) is 0.492.